The summed E-state index contributed by atoms with van der Waals surface area (Å²) >= 11 is 7.29. The molecule has 0 aliphatic heterocycles. The van der Waals surface area contributed by atoms with Gasteiger partial charge in [-0.05, 0) is 25.1 Å². The lowest BCUT2D eigenvalue weighted by Gasteiger charge is -2.15. The van der Waals surface area contributed by atoms with Crippen molar-refractivity contribution in [1.82, 2.24) is 10.6 Å². The minimum absolute atomic E-state index is 0.345. The minimum Gasteiger partial charge on any atom is -0.489 e. The minimum atomic E-state index is -0.639. The Labute approximate surface area is 163 Å². The Kier molecular flexibility index (Phi) is 8.47. The van der Waals surface area contributed by atoms with Gasteiger partial charge >= 0.3 is 0 Å². The van der Waals surface area contributed by atoms with Crippen molar-refractivity contribution < 1.29 is 9.84 Å². The summed E-state index contributed by atoms with van der Waals surface area (Å²) in [6.07, 6.45) is 1.07. The number of aliphatic hydroxyl groups is 1. The van der Waals surface area contributed by atoms with E-state index in [1.807, 2.05) is 37.3 Å². The second kappa shape index (κ2) is 10.9. The molecule has 1 aromatic carbocycles. The van der Waals surface area contributed by atoms with Gasteiger partial charge in [0.2, 0.25) is 0 Å². The first-order chi connectivity index (χ1) is 12.6. The zero-order valence-electron chi connectivity index (χ0n) is 14.7. The first kappa shape index (κ1) is 20.3. The molecule has 1 heterocycles. The lowest BCUT2D eigenvalue weighted by Crippen LogP contribution is -2.39. The largest absolute Gasteiger partial charge is 0.489 e. The third-order valence-corrected chi connectivity index (χ3v) is 4.80. The van der Waals surface area contributed by atoms with Gasteiger partial charge in [0, 0.05) is 23.5 Å². The first-order valence-electron chi connectivity index (χ1n) is 8.41. The van der Waals surface area contributed by atoms with E-state index in [0.717, 1.165) is 22.7 Å². The molecular weight excluding hydrogens is 370 g/mol. The Morgan fingerprint density at radius 3 is 2.85 bits per heavy atom. The van der Waals surface area contributed by atoms with Crippen molar-refractivity contribution in [3.8, 4) is 5.75 Å². The summed E-state index contributed by atoms with van der Waals surface area (Å²) in [5.74, 6) is 1.42. The van der Waals surface area contributed by atoms with E-state index in [0.29, 0.717) is 30.0 Å². The van der Waals surface area contributed by atoms with Gasteiger partial charge in [-0.3, -0.25) is 0 Å². The number of para-hydroxylation sites is 1. The molecule has 0 aliphatic carbocycles. The van der Waals surface area contributed by atoms with Crippen molar-refractivity contribution in [2.24, 2.45) is 4.99 Å². The van der Waals surface area contributed by atoms with Gasteiger partial charge in [-0.15, -0.1) is 11.3 Å². The van der Waals surface area contributed by atoms with E-state index in [1.165, 1.54) is 11.3 Å². The van der Waals surface area contributed by atoms with Crippen LogP contribution in [0.15, 0.2) is 54.0 Å². The molecule has 1 atom stereocenters. The van der Waals surface area contributed by atoms with Gasteiger partial charge in [-0.1, -0.05) is 42.5 Å². The molecule has 5 nitrogen and oxygen atoms in total. The molecule has 0 fully saturated rings. The highest BCUT2D eigenvalue weighted by atomic mass is 35.5. The number of aliphatic imine (C=N–C) groups is 1. The van der Waals surface area contributed by atoms with E-state index < -0.39 is 6.10 Å². The normalized spacial score (nSPS) is 12.5. The van der Waals surface area contributed by atoms with E-state index in [1.54, 1.807) is 12.1 Å². The predicted molar refractivity (Wildman–Crippen MR) is 109 cm³/mol. The van der Waals surface area contributed by atoms with Crippen LogP contribution < -0.4 is 15.4 Å². The maximum atomic E-state index is 10.3. The predicted octanol–water partition coefficient (Wildman–Crippen LogP) is 3.76. The molecule has 1 aromatic heterocycles. The molecule has 7 heteroatoms. The average Bonchev–Trinajstić information content (AvgIpc) is 3.09. The summed E-state index contributed by atoms with van der Waals surface area (Å²) in [7, 11) is 0. The third-order valence-electron chi connectivity index (χ3n) is 3.47. The second-order valence-corrected chi connectivity index (χ2v) is 7.19. The Bertz CT molecular complexity index is 733. The fourth-order valence-electron chi connectivity index (χ4n) is 2.23. The van der Waals surface area contributed by atoms with Crippen molar-refractivity contribution in [3.05, 3.63) is 63.8 Å². The summed E-state index contributed by atoms with van der Waals surface area (Å²) in [6, 6.07) is 11.4. The number of hydrogen-bond donors (Lipinski definition) is 3. The number of benzene rings is 1. The summed E-state index contributed by atoms with van der Waals surface area (Å²) < 4.78 is 6.32. The topological polar surface area (TPSA) is 65.9 Å². The lowest BCUT2D eigenvalue weighted by molar-refractivity contribution is 0.184. The molecule has 26 heavy (non-hydrogen) atoms. The summed E-state index contributed by atoms with van der Waals surface area (Å²) in [4.78, 5) is 5.40. The average molecular weight is 394 g/mol. The van der Waals surface area contributed by atoms with Crippen LogP contribution in [-0.4, -0.2) is 30.8 Å². The molecule has 1 unspecified atom stereocenters. The molecule has 3 N–H and O–H groups in total. The SMILES string of the molecule is C=CCOc1ccccc1CN=C(NCC)NCC(O)c1ccc(Cl)s1. The van der Waals surface area contributed by atoms with Gasteiger partial charge < -0.3 is 20.5 Å². The van der Waals surface area contributed by atoms with Crippen LogP contribution in [0.2, 0.25) is 4.34 Å². The Morgan fingerprint density at radius 1 is 1.35 bits per heavy atom. The van der Waals surface area contributed by atoms with Gasteiger partial charge in [0.15, 0.2) is 5.96 Å². The summed E-state index contributed by atoms with van der Waals surface area (Å²) in [5.41, 5.74) is 0.983. The van der Waals surface area contributed by atoms with Crippen molar-refractivity contribution >= 4 is 28.9 Å². The van der Waals surface area contributed by atoms with Crippen LogP contribution in [0.25, 0.3) is 0 Å². The van der Waals surface area contributed by atoms with Crippen LogP contribution in [0, 0.1) is 0 Å². The number of ether oxygens (including phenoxy) is 1. The number of hydrogen-bond acceptors (Lipinski definition) is 4. The molecule has 140 valence electrons. The first-order valence-corrected chi connectivity index (χ1v) is 9.60. The fourth-order valence-corrected chi connectivity index (χ4v) is 3.28. The van der Waals surface area contributed by atoms with Crippen LogP contribution in [0.1, 0.15) is 23.5 Å². The summed E-state index contributed by atoms with van der Waals surface area (Å²) in [6.45, 7) is 7.64. The van der Waals surface area contributed by atoms with E-state index in [9.17, 15) is 5.11 Å². The maximum absolute atomic E-state index is 10.3. The van der Waals surface area contributed by atoms with E-state index in [4.69, 9.17) is 16.3 Å². The molecule has 2 rings (SSSR count). The Morgan fingerprint density at radius 2 is 2.15 bits per heavy atom. The van der Waals surface area contributed by atoms with Crippen LogP contribution >= 0.6 is 22.9 Å². The van der Waals surface area contributed by atoms with Crippen molar-refractivity contribution in [2.45, 2.75) is 19.6 Å². The Hall–Kier alpha value is -2.02. The van der Waals surface area contributed by atoms with Crippen LogP contribution in [-0.2, 0) is 6.54 Å². The monoisotopic (exact) mass is 393 g/mol. The smallest absolute Gasteiger partial charge is 0.191 e. The van der Waals surface area contributed by atoms with Gasteiger partial charge in [0.05, 0.1) is 10.9 Å². The maximum Gasteiger partial charge on any atom is 0.191 e. The third kappa shape index (κ3) is 6.37. The zero-order valence-corrected chi connectivity index (χ0v) is 16.3. The highest BCUT2D eigenvalue weighted by molar-refractivity contribution is 7.16. The number of thiophene rings is 1. The molecule has 0 saturated heterocycles. The van der Waals surface area contributed by atoms with E-state index >= 15 is 0 Å². The highest BCUT2D eigenvalue weighted by Gasteiger charge is 2.11. The quantitative estimate of drug-likeness (QED) is 0.345. The molecule has 0 radical (unpaired) electrons. The van der Waals surface area contributed by atoms with Crippen molar-refractivity contribution in [1.29, 1.82) is 0 Å². The number of nitrogens with one attached hydrogen (secondary N) is 2. The number of nitrogens with zero attached hydrogens (tertiary/aromatic N) is 1. The molecule has 0 amide bonds. The molecule has 0 saturated carbocycles. The fraction of sp³-hybridized carbons (Fsp3) is 0.316. The number of rotatable bonds is 9. The standard InChI is InChI=1S/C19H24ClN3O2S/c1-3-11-25-16-8-6-5-7-14(16)12-22-19(21-4-2)23-13-15(24)17-9-10-18(20)26-17/h3,5-10,15,24H,1,4,11-13H2,2H3,(H2,21,22,23). The number of guanidine groups is 1. The number of aliphatic hydroxyl groups excluding tert-OH is 1. The van der Waals surface area contributed by atoms with Crippen molar-refractivity contribution in [3.63, 3.8) is 0 Å². The van der Waals surface area contributed by atoms with Crippen LogP contribution in [0.4, 0.5) is 0 Å². The summed E-state index contributed by atoms with van der Waals surface area (Å²) in [5, 5.41) is 16.6. The van der Waals surface area contributed by atoms with Gasteiger partial charge in [-0.25, -0.2) is 4.99 Å². The van der Waals surface area contributed by atoms with Gasteiger partial charge in [0.25, 0.3) is 0 Å². The van der Waals surface area contributed by atoms with E-state index in [2.05, 4.69) is 22.2 Å². The lowest BCUT2D eigenvalue weighted by atomic mass is 10.2. The van der Waals surface area contributed by atoms with Gasteiger partial charge in [0.1, 0.15) is 18.5 Å². The number of halogens is 1. The molecule has 0 bridgehead atoms. The molecule has 2 aromatic rings. The highest BCUT2D eigenvalue weighted by Crippen LogP contribution is 2.26. The second-order valence-electron chi connectivity index (χ2n) is 5.44. The molecule has 0 aliphatic rings. The molecular formula is C19H24ClN3O2S. The van der Waals surface area contributed by atoms with E-state index in [-0.39, 0.29) is 0 Å². The van der Waals surface area contributed by atoms with Crippen LogP contribution in [0.3, 0.4) is 0 Å². The Balaban J connectivity index is 1.99. The zero-order chi connectivity index (χ0) is 18.8. The molecule has 0 spiro atoms. The van der Waals surface area contributed by atoms with Gasteiger partial charge in [-0.2, -0.15) is 0 Å². The van der Waals surface area contributed by atoms with Crippen molar-refractivity contribution in [2.75, 3.05) is 19.7 Å². The van der Waals surface area contributed by atoms with Crippen LogP contribution in [0.5, 0.6) is 5.75 Å².